The molecule has 1 aliphatic heterocycles. The molecule has 0 atom stereocenters. The number of nitrogens with zero attached hydrogens (tertiary/aromatic N) is 2. The van der Waals surface area contributed by atoms with Crippen molar-refractivity contribution in [2.75, 3.05) is 40.4 Å². The number of amides is 2. The first kappa shape index (κ1) is 19.1. The third kappa shape index (κ3) is 4.06. The normalized spacial score (nSPS) is 14.6. The topological polar surface area (TPSA) is 59.1 Å². The summed E-state index contributed by atoms with van der Waals surface area (Å²) in [4.78, 5) is 29.0. The van der Waals surface area contributed by atoms with Gasteiger partial charge in [-0.15, -0.1) is 0 Å². The van der Waals surface area contributed by atoms with Crippen molar-refractivity contribution in [2.24, 2.45) is 5.92 Å². The predicted octanol–water partition coefficient (Wildman–Crippen LogP) is 2.42. The van der Waals surface area contributed by atoms with E-state index in [1.807, 2.05) is 18.7 Å². The lowest BCUT2D eigenvalue weighted by Gasteiger charge is -2.36. The highest BCUT2D eigenvalue weighted by Gasteiger charge is 2.29. The lowest BCUT2D eigenvalue weighted by atomic mass is 10.0. The van der Waals surface area contributed by atoms with Crippen LogP contribution in [0.25, 0.3) is 0 Å². The average molecular weight is 348 g/mol. The number of hydrogen-bond donors (Lipinski definition) is 0. The van der Waals surface area contributed by atoms with E-state index in [2.05, 4.69) is 0 Å². The highest BCUT2D eigenvalue weighted by Crippen LogP contribution is 2.31. The van der Waals surface area contributed by atoms with Gasteiger partial charge in [-0.05, 0) is 25.0 Å². The van der Waals surface area contributed by atoms with Crippen LogP contribution < -0.4 is 9.47 Å². The van der Waals surface area contributed by atoms with E-state index in [-0.39, 0.29) is 17.7 Å². The first-order valence-corrected chi connectivity index (χ1v) is 8.86. The van der Waals surface area contributed by atoms with Crippen molar-refractivity contribution < 1.29 is 19.1 Å². The molecule has 1 fully saturated rings. The summed E-state index contributed by atoms with van der Waals surface area (Å²) in [6.45, 7) is 6.30. The Bertz CT molecular complexity index is 605. The SMILES string of the molecule is CCC(CC)C(=O)N1CCN(C(=O)c2cccc(OC)c2OC)CC1. The summed E-state index contributed by atoms with van der Waals surface area (Å²) in [6, 6.07) is 5.29. The number of ether oxygens (including phenoxy) is 2. The van der Waals surface area contributed by atoms with Crippen LogP contribution in [0.2, 0.25) is 0 Å². The van der Waals surface area contributed by atoms with Gasteiger partial charge in [-0.1, -0.05) is 19.9 Å². The van der Waals surface area contributed by atoms with Gasteiger partial charge in [-0.3, -0.25) is 9.59 Å². The van der Waals surface area contributed by atoms with Gasteiger partial charge in [0.25, 0.3) is 5.91 Å². The zero-order valence-electron chi connectivity index (χ0n) is 15.6. The summed E-state index contributed by atoms with van der Waals surface area (Å²) in [5, 5.41) is 0. The molecule has 2 rings (SSSR count). The van der Waals surface area contributed by atoms with Gasteiger partial charge < -0.3 is 19.3 Å². The van der Waals surface area contributed by atoms with Crippen LogP contribution in [0.15, 0.2) is 18.2 Å². The van der Waals surface area contributed by atoms with Crippen molar-refractivity contribution in [2.45, 2.75) is 26.7 Å². The highest BCUT2D eigenvalue weighted by molar-refractivity contribution is 5.98. The summed E-state index contributed by atoms with van der Waals surface area (Å²) in [7, 11) is 3.08. The molecule has 2 amide bonds. The number of para-hydroxylation sites is 1. The minimum Gasteiger partial charge on any atom is -0.493 e. The Morgan fingerprint density at radius 2 is 1.60 bits per heavy atom. The fraction of sp³-hybridized carbons (Fsp3) is 0.579. The molecule has 6 nitrogen and oxygen atoms in total. The molecular formula is C19H28N2O4. The predicted molar refractivity (Wildman–Crippen MR) is 96.1 cm³/mol. The van der Waals surface area contributed by atoms with Crippen molar-refractivity contribution in [3.63, 3.8) is 0 Å². The maximum atomic E-state index is 12.9. The Morgan fingerprint density at radius 1 is 1.00 bits per heavy atom. The van der Waals surface area contributed by atoms with E-state index in [0.29, 0.717) is 43.2 Å². The number of benzene rings is 1. The van der Waals surface area contributed by atoms with Crippen LogP contribution in [0.5, 0.6) is 11.5 Å². The number of carbonyl (C=O) groups is 2. The third-order valence-electron chi connectivity index (χ3n) is 4.85. The van der Waals surface area contributed by atoms with Crippen molar-refractivity contribution in [3.05, 3.63) is 23.8 Å². The molecule has 0 aliphatic carbocycles. The van der Waals surface area contributed by atoms with E-state index >= 15 is 0 Å². The molecule has 0 unspecified atom stereocenters. The van der Waals surface area contributed by atoms with E-state index in [1.54, 1.807) is 30.2 Å². The molecule has 1 aromatic rings. The molecule has 0 aromatic heterocycles. The standard InChI is InChI=1S/C19H28N2O4/c1-5-14(6-2)18(22)20-10-12-21(13-11-20)19(23)15-8-7-9-16(24-3)17(15)25-4/h7-9,14H,5-6,10-13H2,1-4H3. The molecule has 1 aliphatic rings. The second kappa shape index (κ2) is 8.74. The quantitative estimate of drug-likeness (QED) is 0.792. The van der Waals surface area contributed by atoms with E-state index in [1.165, 1.54) is 7.11 Å². The second-order valence-electron chi connectivity index (χ2n) is 6.17. The van der Waals surface area contributed by atoms with Crippen molar-refractivity contribution in [1.82, 2.24) is 9.80 Å². The zero-order chi connectivity index (χ0) is 18.4. The van der Waals surface area contributed by atoms with E-state index in [9.17, 15) is 9.59 Å². The first-order valence-electron chi connectivity index (χ1n) is 8.86. The molecule has 6 heteroatoms. The van der Waals surface area contributed by atoms with Gasteiger partial charge in [0.05, 0.1) is 19.8 Å². The number of methoxy groups -OCH3 is 2. The van der Waals surface area contributed by atoms with Crippen LogP contribution in [0.1, 0.15) is 37.0 Å². The third-order valence-corrected chi connectivity index (χ3v) is 4.85. The van der Waals surface area contributed by atoms with Crippen LogP contribution in [0, 0.1) is 5.92 Å². The molecular weight excluding hydrogens is 320 g/mol. The number of hydrogen-bond acceptors (Lipinski definition) is 4. The minimum atomic E-state index is -0.0922. The van der Waals surface area contributed by atoms with Gasteiger partial charge in [-0.25, -0.2) is 0 Å². The Morgan fingerprint density at radius 3 is 2.12 bits per heavy atom. The largest absolute Gasteiger partial charge is 0.493 e. The van der Waals surface area contributed by atoms with Crippen LogP contribution >= 0.6 is 0 Å². The number of carbonyl (C=O) groups excluding carboxylic acids is 2. The number of rotatable bonds is 6. The van der Waals surface area contributed by atoms with Crippen LogP contribution in [0.3, 0.4) is 0 Å². The van der Waals surface area contributed by atoms with Gasteiger partial charge >= 0.3 is 0 Å². The number of piperazine rings is 1. The Hall–Kier alpha value is -2.24. The maximum absolute atomic E-state index is 12.9. The van der Waals surface area contributed by atoms with Crippen LogP contribution in [-0.2, 0) is 4.79 Å². The summed E-state index contributed by atoms with van der Waals surface area (Å²) >= 11 is 0. The monoisotopic (exact) mass is 348 g/mol. The lowest BCUT2D eigenvalue weighted by molar-refractivity contribution is -0.137. The van der Waals surface area contributed by atoms with Gasteiger partial charge in [0.1, 0.15) is 0 Å². The molecule has 0 bridgehead atoms. The van der Waals surface area contributed by atoms with Gasteiger partial charge in [0.2, 0.25) is 5.91 Å². The molecule has 0 saturated carbocycles. The molecule has 1 heterocycles. The van der Waals surface area contributed by atoms with Crippen molar-refractivity contribution in [3.8, 4) is 11.5 Å². The molecule has 0 N–H and O–H groups in total. The van der Waals surface area contributed by atoms with E-state index < -0.39 is 0 Å². The Kier molecular flexibility index (Phi) is 6.67. The van der Waals surface area contributed by atoms with Gasteiger partial charge in [0, 0.05) is 32.1 Å². The molecule has 0 spiro atoms. The summed E-state index contributed by atoms with van der Waals surface area (Å²) in [6.07, 6.45) is 1.71. The van der Waals surface area contributed by atoms with Crippen LogP contribution in [0.4, 0.5) is 0 Å². The highest BCUT2D eigenvalue weighted by atomic mass is 16.5. The summed E-state index contributed by atoms with van der Waals surface area (Å²) < 4.78 is 10.6. The van der Waals surface area contributed by atoms with Gasteiger partial charge in [0.15, 0.2) is 11.5 Å². The van der Waals surface area contributed by atoms with E-state index in [4.69, 9.17) is 9.47 Å². The first-order chi connectivity index (χ1) is 12.1. The van der Waals surface area contributed by atoms with E-state index in [0.717, 1.165) is 12.8 Å². The molecule has 0 radical (unpaired) electrons. The fourth-order valence-corrected chi connectivity index (χ4v) is 3.25. The summed E-state index contributed by atoms with van der Waals surface area (Å²) in [5.41, 5.74) is 0.488. The average Bonchev–Trinajstić information content (AvgIpc) is 2.67. The lowest BCUT2D eigenvalue weighted by Crippen LogP contribution is -2.52. The fourth-order valence-electron chi connectivity index (χ4n) is 3.25. The molecule has 25 heavy (non-hydrogen) atoms. The molecule has 138 valence electrons. The van der Waals surface area contributed by atoms with Crippen molar-refractivity contribution in [1.29, 1.82) is 0 Å². The molecule has 1 saturated heterocycles. The van der Waals surface area contributed by atoms with Crippen LogP contribution in [-0.4, -0.2) is 62.0 Å². The second-order valence-corrected chi connectivity index (χ2v) is 6.17. The van der Waals surface area contributed by atoms with Crippen molar-refractivity contribution >= 4 is 11.8 Å². The summed E-state index contributed by atoms with van der Waals surface area (Å²) in [5.74, 6) is 1.18. The maximum Gasteiger partial charge on any atom is 0.257 e. The minimum absolute atomic E-state index is 0.0840. The Labute approximate surface area is 149 Å². The Balaban J connectivity index is 2.06. The zero-order valence-corrected chi connectivity index (χ0v) is 15.6. The molecule has 1 aromatic carbocycles. The smallest absolute Gasteiger partial charge is 0.257 e. The van der Waals surface area contributed by atoms with Gasteiger partial charge in [-0.2, -0.15) is 0 Å².